The Morgan fingerprint density at radius 3 is 2.75 bits per heavy atom. The number of amides is 1. The first-order valence-electron chi connectivity index (χ1n) is 9.90. The van der Waals surface area contributed by atoms with Crippen molar-refractivity contribution in [1.29, 1.82) is 0 Å². The molecular weight excluding hydrogens is 366 g/mol. The normalized spacial score (nSPS) is 27.3. The summed E-state index contributed by atoms with van der Waals surface area (Å²) in [4.78, 5) is 12.3. The van der Waals surface area contributed by atoms with Crippen molar-refractivity contribution in [2.75, 3.05) is 6.61 Å². The standard InChI is InChI=1S/C21H26F2N2O3/c22-21(23)9-4-8-20(27,13-21)11-17-18(19(24)26)15-6-1-2-7-16(15)25(17)12-14-5-3-10-28-14/h1-2,6-7,14,27H,3-5,8-13H2,(H2,24,26)/t14-,20-/m0/s1. The Morgan fingerprint density at radius 1 is 1.29 bits per heavy atom. The van der Waals surface area contributed by atoms with E-state index >= 15 is 0 Å². The molecule has 2 aromatic rings. The van der Waals surface area contributed by atoms with E-state index in [-0.39, 0.29) is 31.8 Å². The van der Waals surface area contributed by atoms with Gasteiger partial charge in [-0.3, -0.25) is 4.79 Å². The Kier molecular flexibility index (Phi) is 4.91. The van der Waals surface area contributed by atoms with E-state index < -0.39 is 23.9 Å². The Labute approximate surface area is 162 Å². The lowest BCUT2D eigenvalue weighted by Crippen LogP contribution is -2.43. The molecule has 1 amide bonds. The number of benzene rings is 1. The number of hydrogen-bond acceptors (Lipinski definition) is 3. The minimum absolute atomic E-state index is 0.00211. The van der Waals surface area contributed by atoms with E-state index in [1.54, 1.807) is 0 Å². The van der Waals surface area contributed by atoms with E-state index in [9.17, 15) is 18.7 Å². The zero-order chi connectivity index (χ0) is 19.9. The fraction of sp³-hybridized carbons (Fsp3) is 0.571. The number of nitrogens with zero attached hydrogens (tertiary/aromatic N) is 1. The molecule has 4 rings (SSSR count). The highest BCUT2D eigenvalue weighted by molar-refractivity contribution is 6.07. The number of halogens is 2. The van der Waals surface area contributed by atoms with Gasteiger partial charge in [0.15, 0.2) is 0 Å². The van der Waals surface area contributed by atoms with Crippen LogP contribution in [0.25, 0.3) is 10.9 Å². The number of carbonyl (C=O) groups excluding carboxylic acids is 1. The molecular formula is C21H26F2N2O3. The number of aromatic nitrogens is 1. The molecule has 2 atom stereocenters. The summed E-state index contributed by atoms with van der Waals surface area (Å²) in [5.74, 6) is -3.51. The van der Waals surface area contributed by atoms with Crippen LogP contribution in [0.15, 0.2) is 24.3 Å². The molecule has 0 radical (unpaired) electrons. The first kappa shape index (κ1) is 19.3. The summed E-state index contributed by atoms with van der Waals surface area (Å²) in [5, 5.41) is 11.7. The Hall–Kier alpha value is -1.99. The quantitative estimate of drug-likeness (QED) is 0.819. The van der Waals surface area contributed by atoms with Gasteiger partial charge in [0.2, 0.25) is 0 Å². The van der Waals surface area contributed by atoms with Crippen molar-refractivity contribution in [3.8, 4) is 0 Å². The van der Waals surface area contributed by atoms with Gasteiger partial charge in [-0.25, -0.2) is 8.78 Å². The summed E-state index contributed by atoms with van der Waals surface area (Å²) in [7, 11) is 0. The van der Waals surface area contributed by atoms with Crippen molar-refractivity contribution >= 4 is 16.8 Å². The summed E-state index contributed by atoms with van der Waals surface area (Å²) in [6.45, 7) is 1.20. The molecule has 0 spiro atoms. The van der Waals surface area contributed by atoms with Gasteiger partial charge in [-0.05, 0) is 31.7 Å². The maximum atomic E-state index is 14.0. The molecule has 2 heterocycles. The van der Waals surface area contributed by atoms with E-state index in [1.165, 1.54) is 0 Å². The van der Waals surface area contributed by atoms with Crippen LogP contribution in [0, 0.1) is 0 Å². The number of para-hydroxylation sites is 1. The van der Waals surface area contributed by atoms with Crippen molar-refractivity contribution in [2.24, 2.45) is 5.73 Å². The zero-order valence-corrected chi connectivity index (χ0v) is 15.8. The maximum absolute atomic E-state index is 14.0. The van der Waals surface area contributed by atoms with Gasteiger partial charge in [0.1, 0.15) is 0 Å². The topological polar surface area (TPSA) is 77.5 Å². The van der Waals surface area contributed by atoms with Crippen molar-refractivity contribution in [1.82, 2.24) is 4.57 Å². The molecule has 3 N–H and O–H groups in total. The second-order valence-electron chi connectivity index (χ2n) is 8.24. The molecule has 0 bridgehead atoms. The fourth-order valence-corrected chi connectivity index (χ4v) is 4.81. The predicted octanol–water partition coefficient (Wildman–Crippen LogP) is 3.40. The van der Waals surface area contributed by atoms with Gasteiger partial charge < -0.3 is 20.1 Å². The first-order valence-corrected chi connectivity index (χ1v) is 9.90. The Bertz CT molecular complexity index is 889. The molecule has 1 aromatic carbocycles. The second kappa shape index (κ2) is 7.12. The molecule has 1 saturated carbocycles. The summed E-state index contributed by atoms with van der Waals surface area (Å²) < 4.78 is 35.7. The van der Waals surface area contributed by atoms with Gasteiger partial charge in [-0.1, -0.05) is 18.2 Å². The molecule has 7 heteroatoms. The average molecular weight is 392 g/mol. The van der Waals surface area contributed by atoms with Gasteiger partial charge in [0.05, 0.1) is 17.3 Å². The van der Waals surface area contributed by atoms with Crippen molar-refractivity contribution in [3.63, 3.8) is 0 Å². The highest BCUT2D eigenvalue weighted by Gasteiger charge is 2.45. The largest absolute Gasteiger partial charge is 0.389 e. The highest BCUT2D eigenvalue weighted by atomic mass is 19.3. The minimum Gasteiger partial charge on any atom is -0.389 e. The number of ether oxygens (including phenoxy) is 1. The van der Waals surface area contributed by atoms with Crippen molar-refractivity contribution < 1.29 is 23.4 Å². The van der Waals surface area contributed by atoms with Gasteiger partial charge in [0.25, 0.3) is 11.8 Å². The van der Waals surface area contributed by atoms with E-state index in [0.717, 1.165) is 18.4 Å². The SMILES string of the molecule is NC(=O)c1c(C[C@@]2(O)CCCC(F)(F)C2)n(C[C@@H]2CCCO2)c2ccccc12. The van der Waals surface area contributed by atoms with Crippen LogP contribution in [0.2, 0.25) is 0 Å². The number of carbonyl (C=O) groups is 1. The number of aliphatic hydroxyl groups is 1. The van der Waals surface area contributed by atoms with E-state index in [0.29, 0.717) is 29.8 Å². The molecule has 1 aliphatic carbocycles. The monoisotopic (exact) mass is 392 g/mol. The van der Waals surface area contributed by atoms with Crippen LogP contribution in [0.4, 0.5) is 8.78 Å². The van der Waals surface area contributed by atoms with Crippen LogP contribution in [0.5, 0.6) is 0 Å². The third-order valence-corrected chi connectivity index (χ3v) is 6.00. The van der Waals surface area contributed by atoms with Crippen LogP contribution in [0.1, 0.15) is 54.6 Å². The lowest BCUT2D eigenvalue weighted by Gasteiger charge is -2.37. The number of primary amides is 1. The lowest BCUT2D eigenvalue weighted by molar-refractivity contribution is -0.124. The summed E-state index contributed by atoms with van der Waals surface area (Å²) in [6.07, 6.45) is 1.57. The Balaban J connectivity index is 1.80. The average Bonchev–Trinajstić information content (AvgIpc) is 3.21. The number of fused-ring (bicyclic) bond motifs is 1. The third kappa shape index (κ3) is 3.65. The molecule has 0 unspecified atom stereocenters. The molecule has 152 valence electrons. The van der Waals surface area contributed by atoms with Crippen LogP contribution >= 0.6 is 0 Å². The summed E-state index contributed by atoms with van der Waals surface area (Å²) >= 11 is 0. The first-order chi connectivity index (χ1) is 13.3. The number of hydrogen-bond donors (Lipinski definition) is 2. The second-order valence-corrected chi connectivity index (χ2v) is 8.24. The van der Waals surface area contributed by atoms with E-state index in [4.69, 9.17) is 10.5 Å². The van der Waals surface area contributed by atoms with E-state index in [2.05, 4.69) is 0 Å². The Morgan fingerprint density at radius 2 is 2.07 bits per heavy atom. The number of alkyl halides is 2. The predicted molar refractivity (Wildman–Crippen MR) is 101 cm³/mol. The van der Waals surface area contributed by atoms with Crippen molar-refractivity contribution in [3.05, 3.63) is 35.5 Å². The van der Waals surface area contributed by atoms with Crippen LogP contribution in [-0.2, 0) is 17.7 Å². The highest BCUT2D eigenvalue weighted by Crippen LogP contribution is 2.42. The molecule has 1 aliphatic heterocycles. The maximum Gasteiger partial charge on any atom is 0.251 e. The zero-order valence-electron chi connectivity index (χ0n) is 15.8. The molecule has 2 fully saturated rings. The molecule has 2 aliphatic rings. The van der Waals surface area contributed by atoms with Crippen LogP contribution < -0.4 is 5.73 Å². The molecule has 1 saturated heterocycles. The molecule has 1 aromatic heterocycles. The van der Waals surface area contributed by atoms with Crippen LogP contribution in [0.3, 0.4) is 0 Å². The van der Waals surface area contributed by atoms with E-state index in [1.807, 2.05) is 28.8 Å². The van der Waals surface area contributed by atoms with Gasteiger partial charge in [-0.2, -0.15) is 0 Å². The third-order valence-electron chi connectivity index (χ3n) is 6.00. The molecule has 28 heavy (non-hydrogen) atoms. The fourth-order valence-electron chi connectivity index (χ4n) is 4.81. The smallest absolute Gasteiger partial charge is 0.251 e. The van der Waals surface area contributed by atoms with Crippen molar-refractivity contribution in [2.45, 2.75) is 69.1 Å². The summed E-state index contributed by atoms with van der Waals surface area (Å²) in [5.41, 5.74) is 5.79. The van der Waals surface area contributed by atoms with Gasteiger partial charge >= 0.3 is 0 Å². The van der Waals surface area contributed by atoms with Crippen LogP contribution in [-0.4, -0.2) is 39.8 Å². The summed E-state index contributed by atoms with van der Waals surface area (Å²) in [6, 6.07) is 7.38. The number of rotatable bonds is 5. The number of nitrogens with two attached hydrogens (primary N) is 1. The lowest BCUT2D eigenvalue weighted by atomic mass is 9.79. The minimum atomic E-state index is -2.90. The van der Waals surface area contributed by atoms with Gasteiger partial charge in [0, 0.05) is 49.0 Å². The molecule has 5 nitrogen and oxygen atoms in total. The van der Waals surface area contributed by atoms with Gasteiger partial charge in [-0.15, -0.1) is 0 Å².